The molecule has 3 aromatic carbocycles. The summed E-state index contributed by atoms with van der Waals surface area (Å²) in [6, 6.07) is 25.4. The van der Waals surface area contributed by atoms with E-state index in [2.05, 4.69) is 20.5 Å². The first-order chi connectivity index (χ1) is 14.6. The van der Waals surface area contributed by atoms with Crippen LogP contribution in [0.4, 0.5) is 10.3 Å². The fourth-order valence-corrected chi connectivity index (χ4v) is 3.04. The van der Waals surface area contributed by atoms with E-state index in [1.165, 1.54) is 12.1 Å². The molecule has 0 aliphatic carbocycles. The van der Waals surface area contributed by atoms with Gasteiger partial charge in [-0.1, -0.05) is 66.2 Å². The lowest BCUT2D eigenvalue weighted by molar-refractivity contribution is 0.628. The van der Waals surface area contributed by atoms with E-state index in [1.54, 1.807) is 12.1 Å². The summed E-state index contributed by atoms with van der Waals surface area (Å²) in [5.74, 6) is 0.0776. The quantitative estimate of drug-likeness (QED) is 0.301. The van der Waals surface area contributed by atoms with E-state index < -0.39 is 0 Å². The van der Waals surface area contributed by atoms with Crippen molar-refractivity contribution in [3.8, 4) is 22.5 Å². The summed E-state index contributed by atoms with van der Waals surface area (Å²) in [7, 11) is 0. The Balaban J connectivity index is 1.71. The lowest BCUT2D eigenvalue weighted by atomic mass is 10.1. The van der Waals surface area contributed by atoms with Crippen LogP contribution in [-0.4, -0.2) is 15.7 Å². The van der Waals surface area contributed by atoms with Crippen molar-refractivity contribution < 1.29 is 4.39 Å². The average molecular weight is 417 g/mol. The van der Waals surface area contributed by atoms with Crippen LogP contribution in [0.3, 0.4) is 0 Å². The summed E-state index contributed by atoms with van der Waals surface area (Å²) in [5, 5.41) is 5.04. The van der Waals surface area contributed by atoms with Crippen molar-refractivity contribution in [1.29, 1.82) is 0 Å². The number of hydrazone groups is 1. The molecule has 4 aromatic rings. The van der Waals surface area contributed by atoms with Crippen molar-refractivity contribution in [3.63, 3.8) is 0 Å². The van der Waals surface area contributed by atoms with Gasteiger partial charge >= 0.3 is 0 Å². The van der Waals surface area contributed by atoms with Crippen LogP contribution >= 0.6 is 11.6 Å². The summed E-state index contributed by atoms with van der Waals surface area (Å²) >= 11 is 6.02. The van der Waals surface area contributed by atoms with Gasteiger partial charge in [0.25, 0.3) is 0 Å². The van der Waals surface area contributed by atoms with Crippen molar-refractivity contribution >= 4 is 23.3 Å². The molecule has 30 heavy (non-hydrogen) atoms. The minimum atomic E-state index is -0.286. The molecule has 0 saturated carbocycles. The van der Waals surface area contributed by atoms with Gasteiger partial charge in [0.2, 0.25) is 5.95 Å². The summed E-state index contributed by atoms with van der Waals surface area (Å²) in [5.41, 5.74) is 7.84. The molecule has 1 heterocycles. The third kappa shape index (κ3) is 4.70. The zero-order valence-corrected chi connectivity index (χ0v) is 16.9. The van der Waals surface area contributed by atoms with E-state index in [1.807, 2.05) is 67.6 Å². The maximum absolute atomic E-state index is 13.2. The molecular formula is C24H18ClFN4. The molecule has 0 bridgehead atoms. The molecule has 0 saturated heterocycles. The highest BCUT2D eigenvalue weighted by Crippen LogP contribution is 2.26. The molecule has 0 aliphatic rings. The molecule has 0 fully saturated rings. The van der Waals surface area contributed by atoms with Gasteiger partial charge in [-0.05, 0) is 42.8 Å². The van der Waals surface area contributed by atoms with Gasteiger partial charge in [-0.2, -0.15) is 5.10 Å². The van der Waals surface area contributed by atoms with Gasteiger partial charge in [0.15, 0.2) is 0 Å². The number of hydrogen-bond acceptors (Lipinski definition) is 4. The second-order valence-electron chi connectivity index (χ2n) is 6.65. The number of anilines is 1. The Labute approximate surface area is 179 Å². The molecule has 6 heteroatoms. The van der Waals surface area contributed by atoms with E-state index in [0.717, 1.165) is 28.1 Å². The third-order valence-electron chi connectivity index (χ3n) is 4.52. The van der Waals surface area contributed by atoms with E-state index >= 15 is 0 Å². The monoisotopic (exact) mass is 416 g/mol. The largest absolute Gasteiger partial charge is 0.245 e. The Kier molecular flexibility index (Phi) is 5.82. The fraction of sp³-hybridized carbons (Fsp3) is 0.0417. The summed E-state index contributed by atoms with van der Waals surface area (Å²) in [4.78, 5) is 9.22. The van der Waals surface area contributed by atoms with Gasteiger partial charge in [0, 0.05) is 16.1 Å². The van der Waals surface area contributed by atoms with Crippen molar-refractivity contribution in [2.75, 3.05) is 5.43 Å². The zero-order chi connectivity index (χ0) is 20.9. The number of rotatable bonds is 5. The van der Waals surface area contributed by atoms with E-state index in [-0.39, 0.29) is 5.82 Å². The highest BCUT2D eigenvalue weighted by molar-refractivity contribution is 6.30. The average Bonchev–Trinajstić information content (AvgIpc) is 2.79. The van der Waals surface area contributed by atoms with Crippen LogP contribution in [0.2, 0.25) is 5.02 Å². The predicted molar refractivity (Wildman–Crippen MR) is 120 cm³/mol. The first-order valence-electron chi connectivity index (χ1n) is 9.35. The molecule has 0 atom stereocenters. The number of nitrogens with one attached hydrogen (secondary N) is 1. The van der Waals surface area contributed by atoms with Crippen LogP contribution in [0.15, 0.2) is 90.0 Å². The van der Waals surface area contributed by atoms with Crippen LogP contribution in [0.25, 0.3) is 22.5 Å². The number of nitrogens with zero attached hydrogens (tertiary/aromatic N) is 3. The second kappa shape index (κ2) is 8.84. The molecule has 0 amide bonds. The number of aromatic nitrogens is 2. The smallest absolute Gasteiger partial charge is 0.244 e. The van der Waals surface area contributed by atoms with E-state index in [0.29, 0.717) is 16.7 Å². The normalized spacial score (nSPS) is 11.4. The minimum Gasteiger partial charge on any atom is -0.245 e. The Bertz CT molecular complexity index is 1170. The zero-order valence-electron chi connectivity index (χ0n) is 16.2. The van der Waals surface area contributed by atoms with Crippen LogP contribution in [0.5, 0.6) is 0 Å². The molecule has 0 spiro atoms. The topological polar surface area (TPSA) is 50.2 Å². The maximum atomic E-state index is 13.2. The van der Waals surface area contributed by atoms with Crippen LogP contribution in [0, 0.1) is 5.82 Å². The van der Waals surface area contributed by atoms with Gasteiger partial charge in [0.1, 0.15) is 5.82 Å². The third-order valence-corrected chi connectivity index (χ3v) is 4.77. The lowest BCUT2D eigenvalue weighted by Gasteiger charge is -2.09. The Morgan fingerprint density at radius 1 is 0.833 bits per heavy atom. The van der Waals surface area contributed by atoms with Crippen LogP contribution < -0.4 is 5.43 Å². The van der Waals surface area contributed by atoms with E-state index in [4.69, 9.17) is 11.6 Å². The predicted octanol–water partition coefficient (Wildman–Crippen LogP) is 6.44. The molecule has 0 radical (unpaired) electrons. The van der Waals surface area contributed by atoms with Crippen LogP contribution in [-0.2, 0) is 0 Å². The van der Waals surface area contributed by atoms with Crippen molar-refractivity contribution in [3.05, 3.63) is 101 Å². The standard InChI is InChI=1S/C24H18ClFN4/c1-16(17-9-13-21(26)14-10-17)29-30-24-27-22(18-5-3-2-4-6-18)15-23(28-24)19-7-11-20(25)12-8-19/h2-15H,1H3,(H,27,28,30)/b29-16-. The Morgan fingerprint density at radius 3 is 2.07 bits per heavy atom. The van der Waals surface area contributed by atoms with Gasteiger partial charge in [-0.25, -0.2) is 19.8 Å². The summed E-state index contributed by atoms with van der Waals surface area (Å²) < 4.78 is 13.2. The van der Waals surface area contributed by atoms with Gasteiger partial charge in [-0.3, -0.25) is 0 Å². The SMILES string of the molecule is C/C(=N/Nc1nc(-c2ccccc2)cc(-c2ccc(Cl)cc2)n1)c1ccc(F)cc1. The summed E-state index contributed by atoms with van der Waals surface area (Å²) in [6.07, 6.45) is 0. The molecule has 4 rings (SSSR count). The van der Waals surface area contributed by atoms with Crippen LogP contribution in [0.1, 0.15) is 12.5 Å². The first-order valence-corrected chi connectivity index (χ1v) is 9.73. The maximum Gasteiger partial charge on any atom is 0.244 e. The highest BCUT2D eigenvalue weighted by atomic mass is 35.5. The molecular weight excluding hydrogens is 399 g/mol. The highest BCUT2D eigenvalue weighted by Gasteiger charge is 2.09. The molecule has 0 unspecified atom stereocenters. The molecule has 1 aromatic heterocycles. The fourth-order valence-electron chi connectivity index (χ4n) is 2.91. The summed E-state index contributed by atoms with van der Waals surface area (Å²) in [6.45, 7) is 1.83. The molecule has 0 aliphatic heterocycles. The molecule has 1 N–H and O–H groups in total. The van der Waals surface area contributed by atoms with Gasteiger partial charge in [-0.15, -0.1) is 0 Å². The second-order valence-corrected chi connectivity index (χ2v) is 7.09. The number of hydrogen-bond donors (Lipinski definition) is 1. The first kappa shape index (κ1) is 19.7. The van der Waals surface area contributed by atoms with E-state index in [9.17, 15) is 4.39 Å². The molecule has 4 nitrogen and oxygen atoms in total. The van der Waals surface area contributed by atoms with Crippen molar-refractivity contribution in [2.24, 2.45) is 5.10 Å². The van der Waals surface area contributed by atoms with Crippen molar-refractivity contribution in [2.45, 2.75) is 6.92 Å². The Hall–Kier alpha value is -3.57. The lowest BCUT2D eigenvalue weighted by Crippen LogP contribution is -2.04. The van der Waals surface area contributed by atoms with Gasteiger partial charge < -0.3 is 0 Å². The van der Waals surface area contributed by atoms with Gasteiger partial charge in [0.05, 0.1) is 17.1 Å². The number of halogens is 2. The number of benzene rings is 3. The van der Waals surface area contributed by atoms with Crippen molar-refractivity contribution in [1.82, 2.24) is 9.97 Å². The minimum absolute atomic E-state index is 0.286. The Morgan fingerprint density at radius 2 is 1.43 bits per heavy atom. The molecule has 148 valence electrons.